The van der Waals surface area contributed by atoms with Crippen LogP contribution in [0, 0.1) is 13.8 Å². The maximum Gasteiger partial charge on any atom is 0.148 e. The quantitative estimate of drug-likeness (QED) is 0.566. The second-order valence-corrected chi connectivity index (χ2v) is 4.34. The van der Waals surface area contributed by atoms with Gasteiger partial charge in [0.05, 0.1) is 15.3 Å². The van der Waals surface area contributed by atoms with Gasteiger partial charge in [-0.2, -0.15) is 4.99 Å². The Bertz CT molecular complexity index is 582. The standard InChI is InChI=1S/C11H8BrNOS/c1-6-3-8-7(2)10(13-5-15)4-9(12)11(8)14-6/h3-4H,1-2H3. The highest BCUT2D eigenvalue weighted by atomic mass is 79.9. The van der Waals surface area contributed by atoms with Crippen LogP contribution in [-0.2, 0) is 0 Å². The monoisotopic (exact) mass is 281 g/mol. The van der Waals surface area contributed by atoms with E-state index in [4.69, 9.17) is 4.42 Å². The number of hydrogen-bond acceptors (Lipinski definition) is 3. The van der Waals surface area contributed by atoms with Crippen LogP contribution < -0.4 is 0 Å². The van der Waals surface area contributed by atoms with Crippen molar-refractivity contribution in [2.75, 3.05) is 0 Å². The third-order valence-electron chi connectivity index (χ3n) is 2.29. The van der Waals surface area contributed by atoms with Crippen LogP contribution in [0.15, 0.2) is 26.0 Å². The molecule has 0 fully saturated rings. The van der Waals surface area contributed by atoms with E-state index in [-0.39, 0.29) is 0 Å². The zero-order valence-corrected chi connectivity index (χ0v) is 10.7. The number of hydrogen-bond donors (Lipinski definition) is 0. The van der Waals surface area contributed by atoms with Crippen molar-refractivity contribution < 1.29 is 4.42 Å². The maximum atomic E-state index is 5.58. The van der Waals surface area contributed by atoms with Gasteiger partial charge in [0, 0.05) is 5.39 Å². The van der Waals surface area contributed by atoms with Crippen molar-refractivity contribution in [3.05, 3.63) is 27.9 Å². The Labute approximate surface area is 101 Å². The van der Waals surface area contributed by atoms with E-state index >= 15 is 0 Å². The topological polar surface area (TPSA) is 25.5 Å². The molecule has 0 aliphatic heterocycles. The van der Waals surface area contributed by atoms with Crippen LogP contribution in [0.2, 0.25) is 0 Å². The van der Waals surface area contributed by atoms with Crippen LogP contribution in [0.25, 0.3) is 11.0 Å². The molecule has 0 spiro atoms. The van der Waals surface area contributed by atoms with E-state index in [1.165, 1.54) is 0 Å². The molecule has 0 aliphatic rings. The summed E-state index contributed by atoms with van der Waals surface area (Å²) in [7, 11) is 0. The highest BCUT2D eigenvalue weighted by Gasteiger charge is 2.11. The summed E-state index contributed by atoms with van der Waals surface area (Å²) in [6.45, 7) is 3.92. The largest absolute Gasteiger partial charge is 0.460 e. The van der Waals surface area contributed by atoms with Gasteiger partial charge in [-0.3, -0.25) is 0 Å². The molecule has 0 amide bonds. The predicted octanol–water partition coefficient (Wildman–Crippen LogP) is 4.55. The van der Waals surface area contributed by atoms with Crippen LogP contribution in [0.5, 0.6) is 0 Å². The Morgan fingerprint density at radius 3 is 2.80 bits per heavy atom. The van der Waals surface area contributed by atoms with E-state index in [1.54, 1.807) is 0 Å². The molecular formula is C11H8BrNOS. The van der Waals surface area contributed by atoms with Crippen molar-refractivity contribution in [1.29, 1.82) is 0 Å². The van der Waals surface area contributed by atoms with Crippen LogP contribution in [0.3, 0.4) is 0 Å². The van der Waals surface area contributed by atoms with Crippen molar-refractivity contribution in [3.8, 4) is 0 Å². The molecule has 0 N–H and O–H groups in total. The average molecular weight is 282 g/mol. The summed E-state index contributed by atoms with van der Waals surface area (Å²) < 4.78 is 6.47. The molecule has 2 rings (SSSR count). The summed E-state index contributed by atoms with van der Waals surface area (Å²) in [4.78, 5) is 4.02. The Kier molecular flexibility index (Phi) is 2.74. The zero-order chi connectivity index (χ0) is 11.0. The van der Waals surface area contributed by atoms with Crippen molar-refractivity contribution in [2.45, 2.75) is 13.8 Å². The fourth-order valence-electron chi connectivity index (χ4n) is 1.57. The predicted molar refractivity (Wildman–Crippen MR) is 68.1 cm³/mol. The number of furan rings is 1. The second-order valence-electron chi connectivity index (χ2n) is 3.31. The minimum Gasteiger partial charge on any atom is -0.460 e. The van der Waals surface area contributed by atoms with E-state index in [2.05, 4.69) is 38.3 Å². The van der Waals surface area contributed by atoms with Crippen molar-refractivity contribution in [1.82, 2.24) is 0 Å². The molecule has 1 aromatic heterocycles. The normalized spacial score (nSPS) is 10.3. The van der Waals surface area contributed by atoms with Crippen LogP contribution in [-0.4, -0.2) is 5.16 Å². The summed E-state index contributed by atoms with van der Waals surface area (Å²) in [5.74, 6) is 0.886. The highest BCUT2D eigenvalue weighted by Crippen LogP contribution is 2.35. The first kappa shape index (κ1) is 10.6. The number of nitrogens with zero attached hydrogens (tertiary/aromatic N) is 1. The summed E-state index contributed by atoms with van der Waals surface area (Å²) in [6.07, 6.45) is 0. The lowest BCUT2D eigenvalue weighted by Gasteiger charge is -2.01. The first-order valence-electron chi connectivity index (χ1n) is 4.40. The SMILES string of the molecule is Cc1cc2c(C)c(N=C=S)cc(Br)c2o1. The van der Waals surface area contributed by atoms with E-state index in [9.17, 15) is 0 Å². The third kappa shape index (κ3) is 1.76. The number of thiocarbonyl (C=S) groups is 1. The molecule has 2 nitrogen and oxygen atoms in total. The number of benzene rings is 1. The average Bonchev–Trinajstić information content (AvgIpc) is 2.57. The number of aryl methyl sites for hydroxylation is 2. The first-order chi connectivity index (χ1) is 7.13. The van der Waals surface area contributed by atoms with Crippen molar-refractivity contribution in [2.24, 2.45) is 4.99 Å². The first-order valence-corrected chi connectivity index (χ1v) is 5.60. The molecule has 15 heavy (non-hydrogen) atoms. The Hall–Kier alpha value is -0.960. The fraction of sp³-hybridized carbons (Fsp3) is 0.182. The van der Waals surface area contributed by atoms with Crippen LogP contribution in [0.4, 0.5) is 5.69 Å². The lowest BCUT2D eigenvalue weighted by Crippen LogP contribution is -1.77. The van der Waals surface area contributed by atoms with Gasteiger partial charge in [-0.25, -0.2) is 0 Å². The summed E-state index contributed by atoms with van der Waals surface area (Å²) >= 11 is 8.06. The fourth-order valence-corrected chi connectivity index (χ4v) is 2.18. The second kappa shape index (κ2) is 3.89. The molecule has 0 radical (unpaired) electrons. The van der Waals surface area contributed by atoms with Gasteiger partial charge >= 0.3 is 0 Å². The van der Waals surface area contributed by atoms with E-state index in [0.29, 0.717) is 0 Å². The number of isothiocyanates is 1. The van der Waals surface area contributed by atoms with Gasteiger partial charge < -0.3 is 4.42 Å². The minimum atomic E-state index is 0.824. The van der Waals surface area contributed by atoms with Gasteiger partial charge in [0.25, 0.3) is 0 Å². The van der Waals surface area contributed by atoms with Gasteiger partial charge in [0.2, 0.25) is 0 Å². The molecule has 0 saturated carbocycles. The Morgan fingerprint density at radius 1 is 1.40 bits per heavy atom. The van der Waals surface area contributed by atoms with Crippen molar-refractivity contribution in [3.63, 3.8) is 0 Å². The van der Waals surface area contributed by atoms with Gasteiger partial charge in [0.15, 0.2) is 0 Å². The number of rotatable bonds is 1. The van der Waals surface area contributed by atoms with Crippen LogP contribution >= 0.6 is 28.1 Å². The van der Waals surface area contributed by atoms with Gasteiger partial charge in [-0.1, -0.05) is 0 Å². The minimum absolute atomic E-state index is 0.824. The van der Waals surface area contributed by atoms with Gasteiger partial charge in [0.1, 0.15) is 11.3 Å². The highest BCUT2D eigenvalue weighted by molar-refractivity contribution is 9.10. The number of halogens is 1. The molecule has 2 aromatic rings. The van der Waals surface area contributed by atoms with E-state index < -0.39 is 0 Å². The molecule has 0 aliphatic carbocycles. The molecular weight excluding hydrogens is 274 g/mol. The maximum absolute atomic E-state index is 5.58. The Morgan fingerprint density at radius 2 is 2.13 bits per heavy atom. The summed E-state index contributed by atoms with van der Waals surface area (Å²) in [6, 6.07) is 3.89. The summed E-state index contributed by atoms with van der Waals surface area (Å²) in [5, 5.41) is 3.44. The van der Waals surface area contributed by atoms with E-state index in [0.717, 1.165) is 32.5 Å². The molecule has 0 bridgehead atoms. The Balaban J connectivity index is 2.89. The lowest BCUT2D eigenvalue weighted by atomic mass is 10.1. The smallest absolute Gasteiger partial charge is 0.148 e. The third-order valence-corrected chi connectivity index (χ3v) is 2.97. The molecule has 0 unspecified atom stereocenters. The molecule has 0 saturated heterocycles. The van der Waals surface area contributed by atoms with Gasteiger partial charge in [-0.05, 0) is 59.7 Å². The number of aliphatic imine (C=N–C) groups is 1. The van der Waals surface area contributed by atoms with Gasteiger partial charge in [-0.15, -0.1) is 0 Å². The summed E-state index contributed by atoms with van der Waals surface area (Å²) in [5.41, 5.74) is 2.74. The molecule has 1 aromatic carbocycles. The number of fused-ring (bicyclic) bond motifs is 1. The van der Waals surface area contributed by atoms with E-state index in [1.807, 2.05) is 26.0 Å². The van der Waals surface area contributed by atoms with Crippen LogP contribution in [0.1, 0.15) is 11.3 Å². The molecule has 76 valence electrons. The molecule has 1 heterocycles. The lowest BCUT2D eigenvalue weighted by molar-refractivity contribution is 0.577. The molecule has 0 atom stereocenters. The molecule has 4 heteroatoms. The zero-order valence-electron chi connectivity index (χ0n) is 8.30. The van der Waals surface area contributed by atoms with Crippen molar-refractivity contribution >= 4 is 50.0 Å².